The maximum atomic E-state index is 12.6. The monoisotopic (exact) mass is 355 g/mol. The topological polar surface area (TPSA) is 111 Å². The summed E-state index contributed by atoms with van der Waals surface area (Å²) < 4.78 is 10.4. The number of fused-ring (bicyclic) bond motifs is 6. The molecule has 2 heterocycles. The highest BCUT2D eigenvalue weighted by Crippen LogP contribution is 2.52. The molecule has 0 aromatic heterocycles. The number of amides is 2. The molecular formula is C17H13N3O6. The van der Waals surface area contributed by atoms with E-state index in [0.29, 0.717) is 5.75 Å². The molecule has 1 aromatic carbocycles. The lowest BCUT2D eigenvalue weighted by molar-refractivity contribution is -0.385. The molecular weight excluding hydrogens is 342 g/mol. The predicted molar refractivity (Wildman–Crippen MR) is 86.4 cm³/mol. The number of hydrogen-bond donors (Lipinski definition) is 0. The van der Waals surface area contributed by atoms with Gasteiger partial charge in [-0.05, 0) is 24.3 Å². The molecule has 0 radical (unpaired) electrons. The molecule has 4 atom stereocenters. The van der Waals surface area contributed by atoms with Gasteiger partial charge in [-0.15, -0.1) is 0 Å². The molecule has 5 rings (SSSR count). The normalized spacial score (nSPS) is 30.7. The van der Waals surface area contributed by atoms with Gasteiger partial charge in [-0.2, -0.15) is 10.1 Å². The summed E-state index contributed by atoms with van der Waals surface area (Å²) in [6.07, 6.45) is 5.98. The molecule has 26 heavy (non-hydrogen) atoms. The van der Waals surface area contributed by atoms with E-state index in [1.807, 2.05) is 12.2 Å². The molecule has 0 N–H and O–H groups in total. The van der Waals surface area contributed by atoms with Crippen LogP contribution in [0.5, 0.6) is 11.5 Å². The van der Waals surface area contributed by atoms with Crippen LogP contribution in [0.3, 0.4) is 0 Å². The maximum absolute atomic E-state index is 12.6. The number of ether oxygens (including phenoxy) is 2. The largest absolute Gasteiger partial charge is 0.454 e. The van der Waals surface area contributed by atoms with Crippen molar-refractivity contribution in [2.24, 2.45) is 28.8 Å². The summed E-state index contributed by atoms with van der Waals surface area (Å²) in [5.41, 5.74) is -0.1000. The van der Waals surface area contributed by atoms with Crippen molar-refractivity contribution >= 4 is 23.7 Å². The Balaban J connectivity index is 1.47. The zero-order valence-corrected chi connectivity index (χ0v) is 13.4. The maximum Gasteiger partial charge on any atom is 0.282 e. The second-order valence-electron chi connectivity index (χ2n) is 6.75. The molecule has 1 saturated carbocycles. The molecule has 2 fully saturated rings. The van der Waals surface area contributed by atoms with Gasteiger partial charge in [0.05, 0.1) is 34.6 Å². The van der Waals surface area contributed by atoms with E-state index >= 15 is 0 Å². The Labute approximate surface area is 147 Å². The number of nitro groups is 1. The summed E-state index contributed by atoms with van der Waals surface area (Å²) in [5.74, 6) is -0.589. The Morgan fingerprint density at radius 1 is 1.12 bits per heavy atom. The third-order valence-electron chi connectivity index (χ3n) is 5.48. The van der Waals surface area contributed by atoms with E-state index < -0.39 is 4.92 Å². The second-order valence-corrected chi connectivity index (χ2v) is 6.75. The fourth-order valence-electron chi connectivity index (χ4n) is 4.33. The van der Waals surface area contributed by atoms with Crippen LogP contribution in [0.4, 0.5) is 5.69 Å². The van der Waals surface area contributed by atoms with Gasteiger partial charge in [-0.1, -0.05) is 12.2 Å². The smallest absolute Gasteiger partial charge is 0.282 e. The Hall–Kier alpha value is -3.23. The lowest BCUT2D eigenvalue weighted by Gasteiger charge is -2.13. The first-order valence-corrected chi connectivity index (χ1v) is 8.23. The Kier molecular flexibility index (Phi) is 2.97. The highest BCUT2D eigenvalue weighted by molar-refractivity contribution is 6.07. The van der Waals surface area contributed by atoms with Crippen molar-refractivity contribution in [1.82, 2.24) is 5.01 Å². The summed E-state index contributed by atoms with van der Waals surface area (Å²) in [7, 11) is 0. The third-order valence-corrected chi connectivity index (χ3v) is 5.48. The Morgan fingerprint density at radius 3 is 2.35 bits per heavy atom. The highest BCUT2D eigenvalue weighted by atomic mass is 16.7. The van der Waals surface area contributed by atoms with Crippen LogP contribution in [-0.2, 0) is 9.59 Å². The number of nitrogens with zero attached hydrogens (tertiary/aromatic N) is 3. The van der Waals surface area contributed by atoms with Crippen LogP contribution < -0.4 is 9.47 Å². The van der Waals surface area contributed by atoms with Gasteiger partial charge < -0.3 is 9.47 Å². The van der Waals surface area contributed by atoms with E-state index in [2.05, 4.69) is 5.10 Å². The minimum Gasteiger partial charge on any atom is -0.454 e. The average molecular weight is 355 g/mol. The van der Waals surface area contributed by atoms with Crippen LogP contribution in [0.15, 0.2) is 29.4 Å². The number of carbonyl (C=O) groups is 2. The molecule has 9 heteroatoms. The van der Waals surface area contributed by atoms with E-state index in [1.54, 1.807) is 0 Å². The average Bonchev–Trinajstić information content (AvgIpc) is 3.37. The molecule has 132 valence electrons. The lowest BCUT2D eigenvalue weighted by Crippen LogP contribution is -2.28. The van der Waals surface area contributed by atoms with Crippen LogP contribution in [0.1, 0.15) is 12.0 Å². The summed E-state index contributed by atoms with van der Waals surface area (Å²) in [4.78, 5) is 35.9. The minimum absolute atomic E-state index is 0.0185. The lowest BCUT2D eigenvalue weighted by atomic mass is 9.85. The highest BCUT2D eigenvalue weighted by Gasteiger charge is 2.59. The summed E-state index contributed by atoms with van der Waals surface area (Å²) in [6, 6.07) is 2.66. The van der Waals surface area contributed by atoms with Gasteiger partial charge in [0.2, 0.25) is 6.79 Å². The third kappa shape index (κ3) is 1.94. The van der Waals surface area contributed by atoms with E-state index in [9.17, 15) is 19.7 Å². The van der Waals surface area contributed by atoms with Gasteiger partial charge in [0.15, 0.2) is 11.5 Å². The Morgan fingerprint density at radius 2 is 1.73 bits per heavy atom. The summed E-state index contributed by atoms with van der Waals surface area (Å²) in [5, 5.41) is 16.1. The first-order valence-electron chi connectivity index (χ1n) is 8.23. The van der Waals surface area contributed by atoms with Crippen LogP contribution >= 0.6 is 0 Å². The number of carbonyl (C=O) groups excluding carboxylic acids is 2. The fourth-order valence-corrected chi connectivity index (χ4v) is 4.33. The van der Waals surface area contributed by atoms with Crippen molar-refractivity contribution in [1.29, 1.82) is 0 Å². The number of nitro benzene ring substituents is 1. The van der Waals surface area contributed by atoms with Crippen molar-refractivity contribution in [2.45, 2.75) is 6.42 Å². The van der Waals surface area contributed by atoms with E-state index in [-0.39, 0.29) is 59.3 Å². The second kappa shape index (κ2) is 5.13. The number of allylic oxidation sites excluding steroid dienone is 2. The SMILES string of the molecule is O=C1[C@H]2[C@H](C(=O)N1/N=C\c1cc3c(cc1[N+](=O)[O-])OCO3)[C@H]1C=C[C@H]2C1. The van der Waals surface area contributed by atoms with Gasteiger partial charge in [0.25, 0.3) is 17.5 Å². The molecule has 1 aromatic rings. The minimum atomic E-state index is -0.574. The van der Waals surface area contributed by atoms with Crippen molar-refractivity contribution in [3.8, 4) is 11.5 Å². The number of rotatable bonds is 3. The van der Waals surface area contributed by atoms with E-state index in [4.69, 9.17) is 9.47 Å². The van der Waals surface area contributed by atoms with Crippen molar-refractivity contribution in [3.63, 3.8) is 0 Å². The van der Waals surface area contributed by atoms with E-state index in [0.717, 1.165) is 17.6 Å². The predicted octanol–water partition coefficient (Wildman–Crippen LogP) is 1.46. The van der Waals surface area contributed by atoms with Gasteiger partial charge in [-0.25, -0.2) is 0 Å². The molecule has 9 nitrogen and oxygen atoms in total. The van der Waals surface area contributed by atoms with E-state index in [1.165, 1.54) is 12.1 Å². The first-order chi connectivity index (χ1) is 12.5. The van der Waals surface area contributed by atoms with Crippen molar-refractivity contribution in [3.05, 3.63) is 40.0 Å². The first kappa shape index (κ1) is 15.1. The number of benzene rings is 1. The standard InChI is InChI=1S/C17H13N3O6/c21-16-14-8-1-2-9(3-8)15(14)17(22)19(16)18-6-10-4-12-13(26-7-25-12)5-11(10)20(23)24/h1-2,4-6,8-9,14-15H,3,7H2/b18-6-/t8-,9-,14+,15+/m0/s1. The summed E-state index contributed by atoms with van der Waals surface area (Å²) in [6.45, 7) is -0.0185. The van der Waals surface area contributed by atoms with Gasteiger partial charge in [0, 0.05) is 0 Å². The van der Waals surface area contributed by atoms with Gasteiger partial charge in [-0.3, -0.25) is 19.7 Å². The van der Waals surface area contributed by atoms with Crippen molar-refractivity contribution < 1.29 is 24.0 Å². The molecule has 2 bridgehead atoms. The van der Waals surface area contributed by atoms with Crippen molar-refractivity contribution in [2.75, 3.05) is 6.79 Å². The molecule has 2 aliphatic carbocycles. The Bertz CT molecular complexity index is 893. The molecule has 1 saturated heterocycles. The quantitative estimate of drug-likeness (QED) is 0.267. The van der Waals surface area contributed by atoms with Crippen LogP contribution in [-0.4, -0.2) is 34.8 Å². The number of imide groups is 1. The zero-order valence-electron chi connectivity index (χ0n) is 13.4. The summed E-state index contributed by atoms with van der Waals surface area (Å²) >= 11 is 0. The molecule has 2 amide bonds. The molecule has 0 unspecified atom stereocenters. The molecule has 2 aliphatic heterocycles. The zero-order chi connectivity index (χ0) is 18.0. The van der Waals surface area contributed by atoms with Crippen LogP contribution in [0.2, 0.25) is 0 Å². The van der Waals surface area contributed by atoms with Gasteiger partial charge >= 0.3 is 0 Å². The molecule has 4 aliphatic rings. The fraction of sp³-hybridized carbons (Fsp3) is 0.353. The number of hydrogen-bond acceptors (Lipinski definition) is 7. The molecule has 0 spiro atoms. The number of hydrazone groups is 1. The van der Waals surface area contributed by atoms with Crippen LogP contribution in [0.25, 0.3) is 0 Å². The van der Waals surface area contributed by atoms with Crippen LogP contribution in [0, 0.1) is 33.8 Å². The van der Waals surface area contributed by atoms with Gasteiger partial charge in [0.1, 0.15) is 0 Å².